The average molecular weight is 493 g/mol. The van der Waals surface area contributed by atoms with Gasteiger partial charge in [-0.3, -0.25) is 9.59 Å². The molecule has 0 N–H and O–H groups in total. The second kappa shape index (κ2) is 8.85. The summed E-state index contributed by atoms with van der Waals surface area (Å²) in [6.07, 6.45) is 3.63. The van der Waals surface area contributed by atoms with Crippen molar-refractivity contribution in [2.45, 2.75) is 38.5 Å². The molecule has 4 heterocycles. The Morgan fingerprint density at radius 1 is 1.17 bits per heavy atom. The molecule has 0 spiro atoms. The predicted octanol–water partition coefficient (Wildman–Crippen LogP) is 1.87. The molecule has 1 aromatic carbocycles. The predicted molar refractivity (Wildman–Crippen MR) is 123 cm³/mol. The van der Waals surface area contributed by atoms with Gasteiger partial charge >= 0.3 is 0 Å². The Hall–Kier alpha value is -4.09. The van der Waals surface area contributed by atoms with Gasteiger partial charge in [0.25, 0.3) is 11.8 Å². The molecule has 2 fully saturated rings. The van der Waals surface area contributed by atoms with Crippen molar-refractivity contribution in [2.75, 3.05) is 18.1 Å². The smallest absolute Gasteiger partial charge is 0.268 e. The van der Waals surface area contributed by atoms with E-state index in [1.54, 1.807) is 25.2 Å². The molecule has 0 radical (unpaired) electrons. The highest BCUT2D eigenvalue weighted by molar-refractivity contribution is 6.03. The van der Waals surface area contributed by atoms with E-state index in [9.17, 15) is 9.59 Å². The molecule has 3 aliphatic rings. The van der Waals surface area contributed by atoms with Crippen LogP contribution in [0.5, 0.6) is 11.6 Å². The van der Waals surface area contributed by atoms with Crippen LogP contribution >= 0.6 is 0 Å². The maximum atomic E-state index is 15.0. The minimum atomic E-state index is -0.726. The number of nitrogens with zero attached hydrogens (tertiary/aromatic N) is 7. The van der Waals surface area contributed by atoms with Crippen molar-refractivity contribution in [1.82, 2.24) is 30.1 Å². The van der Waals surface area contributed by atoms with Crippen LogP contribution in [0.4, 0.5) is 10.1 Å². The number of rotatable bonds is 8. The highest BCUT2D eigenvalue weighted by atomic mass is 19.1. The molecule has 0 unspecified atom stereocenters. The van der Waals surface area contributed by atoms with Gasteiger partial charge in [0.2, 0.25) is 5.88 Å². The molecule has 1 saturated heterocycles. The molecule has 1 atom stereocenters. The Labute approximate surface area is 205 Å². The number of amides is 2. The molecule has 1 aliphatic carbocycles. The van der Waals surface area contributed by atoms with Crippen LogP contribution in [0.15, 0.2) is 30.5 Å². The number of hydrogen-bond donors (Lipinski definition) is 0. The second-order valence-electron chi connectivity index (χ2n) is 9.28. The van der Waals surface area contributed by atoms with Crippen molar-refractivity contribution in [2.24, 2.45) is 13.0 Å². The lowest BCUT2D eigenvalue weighted by Gasteiger charge is -2.18. The zero-order valence-corrected chi connectivity index (χ0v) is 19.6. The number of carbonyl (C=O) groups excluding carboxylic acids is 2. The lowest BCUT2D eigenvalue weighted by molar-refractivity contribution is -0.122. The molecule has 2 amide bonds. The SMILES string of the molecule is Cn1nnc(CN2Cc3c(F)cc(N4CC[C@@H](Oc5ccc(OCC6CC6)nc5)C4=O)cc3C2=O)n1. The van der Waals surface area contributed by atoms with Crippen LogP contribution in [-0.2, 0) is 24.9 Å². The number of benzene rings is 1. The highest BCUT2D eigenvalue weighted by Gasteiger charge is 2.37. The normalized spacial score (nSPS) is 19.2. The lowest BCUT2D eigenvalue weighted by atomic mass is 10.1. The first-order valence-corrected chi connectivity index (χ1v) is 11.9. The molecule has 36 heavy (non-hydrogen) atoms. The molecule has 12 heteroatoms. The van der Waals surface area contributed by atoms with Gasteiger partial charge in [-0.15, -0.1) is 10.2 Å². The van der Waals surface area contributed by atoms with E-state index in [1.165, 1.54) is 39.7 Å². The van der Waals surface area contributed by atoms with E-state index in [0.717, 1.165) is 0 Å². The Balaban J connectivity index is 1.12. The van der Waals surface area contributed by atoms with E-state index in [1.807, 2.05) is 0 Å². The number of pyridine rings is 1. The monoisotopic (exact) mass is 493 g/mol. The number of fused-ring (bicyclic) bond motifs is 1. The topological polar surface area (TPSA) is 116 Å². The number of aryl methyl sites for hydroxylation is 1. The van der Waals surface area contributed by atoms with Gasteiger partial charge < -0.3 is 19.3 Å². The van der Waals surface area contributed by atoms with Gasteiger partial charge in [-0.1, -0.05) is 0 Å². The summed E-state index contributed by atoms with van der Waals surface area (Å²) in [4.78, 5) is 34.5. The van der Waals surface area contributed by atoms with Gasteiger partial charge in [0.1, 0.15) is 11.6 Å². The molecule has 186 valence electrons. The van der Waals surface area contributed by atoms with Gasteiger partial charge in [0.15, 0.2) is 11.9 Å². The third kappa shape index (κ3) is 4.34. The minimum absolute atomic E-state index is 0.103. The fraction of sp³-hybridized carbons (Fsp3) is 0.417. The molecule has 1 saturated carbocycles. The number of carbonyl (C=O) groups is 2. The van der Waals surface area contributed by atoms with E-state index >= 15 is 4.39 Å². The largest absolute Gasteiger partial charge is 0.479 e. The summed E-state index contributed by atoms with van der Waals surface area (Å²) >= 11 is 0. The number of halogens is 1. The first-order valence-electron chi connectivity index (χ1n) is 11.9. The number of ether oxygens (including phenoxy) is 2. The number of tetrazole rings is 1. The quantitative estimate of drug-likeness (QED) is 0.467. The van der Waals surface area contributed by atoms with Crippen molar-refractivity contribution in [3.63, 3.8) is 0 Å². The van der Waals surface area contributed by atoms with Crippen LogP contribution in [-0.4, -0.2) is 61.2 Å². The summed E-state index contributed by atoms with van der Waals surface area (Å²) in [5.41, 5.74) is 0.858. The summed E-state index contributed by atoms with van der Waals surface area (Å²) in [5, 5.41) is 11.7. The van der Waals surface area contributed by atoms with Gasteiger partial charge in [-0.2, -0.15) is 4.80 Å². The Kier molecular flexibility index (Phi) is 5.50. The van der Waals surface area contributed by atoms with Gasteiger partial charge in [-0.05, 0) is 42.2 Å². The second-order valence-corrected chi connectivity index (χ2v) is 9.28. The van der Waals surface area contributed by atoms with Crippen LogP contribution in [0.3, 0.4) is 0 Å². The molecule has 2 aromatic heterocycles. The fourth-order valence-electron chi connectivity index (χ4n) is 4.44. The summed E-state index contributed by atoms with van der Waals surface area (Å²) in [6.45, 7) is 1.23. The lowest BCUT2D eigenvalue weighted by Crippen LogP contribution is -2.32. The zero-order chi connectivity index (χ0) is 24.8. The van der Waals surface area contributed by atoms with Crippen molar-refractivity contribution >= 4 is 17.5 Å². The highest BCUT2D eigenvalue weighted by Crippen LogP contribution is 2.33. The third-order valence-corrected chi connectivity index (χ3v) is 6.55. The third-order valence-electron chi connectivity index (χ3n) is 6.55. The summed E-state index contributed by atoms with van der Waals surface area (Å²) in [5.74, 6) is 0.804. The molecule has 2 aliphatic heterocycles. The van der Waals surface area contributed by atoms with E-state index in [0.29, 0.717) is 54.2 Å². The first kappa shape index (κ1) is 22.4. The average Bonchev–Trinajstić information content (AvgIpc) is 3.39. The number of anilines is 1. The molecule has 0 bridgehead atoms. The van der Waals surface area contributed by atoms with Crippen molar-refractivity contribution in [1.29, 1.82) is 0 Å². The Morgan fingerprint density at radius 3 is 2.75 bits per heavy atom. The number of aromatic nitrogens is 5. The summed E-state index contributed by atoms with van der Waals surface area (Å²) in [6, 6.07) is 6.31. The van der Waals surface area contributed by atoms with Gasteiger partial charge in [0, 0.05) is 35.8 Å². The van der Waals surface area contributed by atoms with Crippen LogP contribution in [0.25, 0.3) is 0 Å². The Morgan fingerprint density at radius 2 is 2.03 bits per heavy atom. The number of hydrogen-bond acceptors (Lipinski definition) is 8. The van der Waals surface area contributed by atoms with E-state index < -0.39 is 11.9 Å². The van der Waals surface area contributed by atoms with Crippen molar-refractivity contribution in [3.05, 3.63) is 53.2 Å². The summed E-state index contributed by atoms with van der Waals surface area (Å²) < 4.78 is 26.5. The van der Waals surface area contributed by atoms with E-state index in [4.69, 9.17) is 9.47 Å². The van der Waals surface area contributed by atoms with Crippen LogP contribution < -0.4 is 14.4 Å². The van der Waals surface area contributed by atoms with Gasteiger partial charge in [0.05, 0.1) is 32.9 Å². The molecule has 6 rings (SSSR count). The van der Waals surface area contributed by atoms with Crippen molar-refractivity contribution in [3.8, 4) is 11.6 Å². The molecule has 11 nitrogen and oxygen atoms in total. The standard InChI is InChI=1S/C24H24FN7O4/c1-30-28-21(27-29-30)12-31-11-18-17(23(31)33)8-15(9-19(18)25)32-7-6-20(24(32)34)36-16-4-5-22(26-10-16)35-13-14-2-3-14/h4-5,8-10,14,20H,2-3,6-7,11-13H2,1H3/t20-/m1/s1. The van der Waals surface area contributed by atoms with E-state index in [2.05, 4.69) is 20.4 Å². The van der Waals surface area contributed by atoms with Crippen LogP contribution in [0, 0.1) is 11.7 Å². The maximum absolute atomic E-state index is 15.0. The van der Waals surface area contributed by atoms with Crippen molar-refractivity contribution < 1.29 is 23.5 Å². The van der Waals surface area contributed by atoms with Gasteiger partial charge in [-0.25, -0.2) is 9.37 Å². The maximum Gasteiger partial charge on any atom is 0.268 e. The van der Waals surface area contributed by atoms with Crippen LogP contribution in [0.2, 0.25) is 0 Å². The fourth-order valence-corrected chi connectivity index (χ4v) is 4.44. The van der Waals surface area contributed by atoms with E-state index in [-0.39, 0.29) is 30.5 Å². The minimum Gasteiger partial charge on any atom is -0.479 e. The first-order chi connectivity index (χ1) is 17.4. The molecule has 3 aromatic rings. The Bertz CT molecular complexity index is 1320. The molecular weight excluding hydrogens is 469 g/mol. The molecular formula is C24H24FN7O4. The van der Waals surface area contributed by atoms with Crippen LogP contribution in [0.1, 0.15) is 41.0 Å². The summed E-state index contributed by atoms with van der Waals surface area (Å²) in [7, 11) is 1.63. The zero-order valence-electron chi connectivity index (χ0n) is 19.6.